The number of carboxylic acid groups (broad SMARTS) is 1. The summed E-state index contributed by atoms with van der Waals surface area (Å²) in [7, 11) is 0. The number of carbonyl (C=O) groups excluding carboxylic acids is 1. The summed E-state index contributed by atoms with van der Waals surface area (Å²) < 4.78 is 42.8. The number of ether oxygens (including phenoxy) is 1. The zero-order chi connectivity index (χ0) is 24.2. The van der Waals surface area contributed by atoms with Gasteiger partial charge in [-0.25, -0.2) is 4.79 Å². The molecule has 4 fully saturated rings. The van der Waals surface area contributed by atoms with Crippen molar-refractivity contribution in [2.75, 3.05) is 0 Å². The first-order valence-corrected chi connectivity index (χ1v) is 12.9. The Balaban J connectivity index is 1.44. The third-order valence-corrected chi connectivity index (χ3v) is 10.7. The van der Waals surface area contributed by atoms with Gasteiger partial charge in [-0.05, 0) is 111 Å². The number of hydrogen-bond donors (Lipinski definition) is 1. The van der Waals surface area contributed by atoms with E-state index < -0.39 is 24.2 Å². The molecule has 0 heterocycles. The molecule has 0 unspecified atom stereocenters. The Kier molecular flexibility index (Phi) is 6.58. The fourth-order valence-electron chi connectivity index (χ4n) is 9.07. The number of hydrogen-bond acceptors (Lipinski definition) is 3. The molecule has 0 amide bonds. The Morgan fingerprint density at radius 2 is 1.67 bits per heavy atom. The zero-order valence-electron chi connectivity index (χ0n) is 20.1. The van der Waals surface area contributed by atoms with Gasteiger partial charge in [0.15, 0.2) is 0 Å². The van der Waals surface area contributed by atoms with Crippen LogP contribution in [-0.2, 0) is 14.3 Å². The summed E-state index contributed by atoms with van der Waals surface area (Å²) in [6, 6.07) is 0. The molecule has 4 nitrogen and oxygen atoms in total. The van der Waals surface area contributed by atoms with Gasteiger partial charge in [0.05, 0.1) is 0 Å². The van der Waals surface area contributed by atoms with Crippen molar-refractivity contribution in [3.63, 3.8) is 0 Å². The maximum atomic E-state index is 12.7. The van der Waals surface area contributed by atoms with E-state index in [4.69, 9.17) is 9.84 Å². The second-order valence-corrected chi connectivity index (χ2v) is 12.1. The highest BCUT2D eigenvalue weighted by atomic mass is 19.4. The lowest BCUT2D eigenvalue weighted by Gasteiger charge is -2.61. The van der Waals surface area contributed by atoms with E-state index >= 15 is 0 Å². The Morgan fingerprint density at radius 1 is 1.00 bits per heavy atom. The molecule has 0 saturated heterocycles. The van der Waals surface area contributed by atoms with Gasteiger partial charge >= 0.3 is 18.1 Å². The third kappa shape index (κ3) is 4.42. The maximum Gasteiger partial charge on any atom is 0.490 e. The van der Waals surface area contributed by atoms with Crippen molar-refractivity contribution in [3.05, 3.63) is 0 Å². The predicted octanol–water partition coefficient (Wildman–Crippen LogP) is 6.62. The van der Waals surface area contributed by atoms with Crippen molar-refractivity contribution < 1.29 is 32.6 Å². The van der Waals surface area contributed by atoms with Crippen molar-refractivity contribution in [3.8, 4) is 0 Å². The standard InChI is InChI=1S/C26H39F3O4/c1-15(4-9-22(30)31)19-7-8-20-18-6-5-16-14-17(33-23(32)26(27,28)29)10-12-24(16,2)21(18)11-13-25(19,20)3/h15-21H,4-14H2,1-3H3,(H,30,31)/t15-,16-,17-,18+,19-,20+,21+,24+,25-/m1/s1. The number of aliphatic carboxylic acids is 1. The van der Waals surface area contributed by atoms with Crippen molar-refractivity contribution in [2.45, 2.75) is 104 Å². The molecule has 0 aromatic heterocycles. The van der Waals surface area contributed by atoms with E-state index in [1.54, 1.807) is 0 Å². The molecule has 0 aliphatic heterocycles. The number of esters is 1. The van der Waals surface area contributed by atoms with Crippen molar-refractivity contribution >= 4 is 11.9 Å². The van der Waals surface area contributed by atoms with Gasteiger partial charge in [0, 0.05) is 6.42 Å². The summed E-state index contributed by atoms with van der Waals surface area (Å²) in [4.78, 5) is 22.4. The van der Waals surface area contributed by atoms with Crippen LogP contribution in [0, 0.1) is 46.3 Å². The number of halogens is 3. The van der Waals surface area contributed by atoms with E-state index in [-0.39, 0.29) is 17.3 Å². The van der Waals surface area contributed by atoms with Crippen LogP contribution in [0.5, 0.6) is 0 Å². The first-order valence-electron chi connectivity index (χ1n) is 12.9. The number of carbonyl (C=O) groups is 2. The maximum absolute atomic E-state index is 12.7. The van der Waals surface area contributed by atoms with Crippen LogP contribution in [0.25, 0.3) is 0 Å². The number of carboxylic acids is 1. The van der Waals surface area contributed by atoms with Crippen LogP contribution in [-0.4, -0.2) is 29.3 Å². The van der Waals surface area contributed by atoms with Crippen molar-refractivity contribution in [1.82, 2.24) is 0 Å². The van der Waals surface area contributed by atoms with E-state index in [2.05, 4.69) is 20.8 Å². The van der Waals surface area contributed by atoms with Crippen LogP contribution >= 0.6 is 0 Å². The summed E-state index contributed by atoms with van der Waals surface area (Å²) in [5, 5.41) is 9.12. The molecule has 4 aliphatic carbocycles. The van der Waals surface area contributed by atoms with Crippen LogP contribution in [0.3, 0.4) is 0 Å². The largest absolute Gasteiger partial charge is 0.490 e. The zero-order valence-corrected chi connectivity index (χ0v) is 20.1. The Labute approximate surface area is 195 Å². The summed E-state index contributed by atoms with van der Waals surface area (Å²) >= 11 is 0. The molecule has 0 radical (unpaired) electrons. The number of alkyl halides is 3. The molecule has 33 heavy (non-hydrogen) atoms. The monoisotopic (exact) mass is 472 g/mol. The average Bonchev–Trinajstić information content (AvgIpc) is 3.08. The second kappa shape index (κ2) is 8.75. The molecule has 0 bridgehead atoms. The molecule has 0 aromatic rings. The highest BCUT2D eigenvalue weighted by Crippen LogP contribution is 2.68. The lowest BCUT2D eigenvalue weighted by Crippen LogP contribution is -2.54. The minimum absolute atomic E-state index is 0.110. The normalized spacial score (nSPS) is 43.7. The summed E-state index contributed by atoms with van der Waals surface area (Å²) in [5.74, 6) is 0.434. The Bertz CT molecular complexity index is 767. The molecule has 9 atom stereocenters. The van der Waals surface area contributed by atoms with Gasteiger partial charge in [0.1, 0.15) is 6.10 Å². The van der Waals surface area contributed by atoms with Gasteiger partial charge < -0.3 is 9.84 Å². The van der Waals surface area contributed by atoms with Gasteiger partial charge in [-0.15, -0.1) is 0 Å². The van der Waals surface area contributed by atoms with E-state index in [1.165, 1.54) is 12.8 Å². The van der Waals surface area contributed by atoms with Crippen LogP contribution in [0.1, 0.15) is 91.4 Å². The van der Waals surface area contributed by atoms with E-state index in [9.17, 15) is 22.8 Å². The first kappa shape index (κ1) is 24.8. The topological polar surface area (TPSA) is 63.6 Å². The van der Waals surface area contributed by atoms with Crippen molar-refractivity contribution in [1.29, 1.82) is 0 Å². The second-order valence-electron chi connectivity index (χ2n) is 12.1. The molecule has 4 rings (SSSR count). The Morgan fingerprint density at radius 3 is 2.33 bits per heavy atom. The van der Waals surface area contributed by atoms with Gasteiger partial charge in [0.25, 0.3) is 0 Å². The molecule has 7 heteroatoms. The fourth-order valence-corrected chi connectivity index (χ4v) is 9.07. The Hall–Kier alpha value is -1.27. The van der Waals surface area contributed by atoms with Crippen LogP contribution in [0.4, 0.5) is 13.2 Å². The molecule has 188 valence electrons. The van der Waals surface area contributed by atoms with Crippen LogP contribution in [0.15, 0.2) is 0 Å². The fraction of sp³-hybridized carbons (Fsp3) is 0.923. The number of fused-ring (bicyclic) bond motifs is 5. The van der Waals surface area contributed by atoms with E-state index in [0.29, 0.717) is 48.3 Å². The lowest BCUT2D eigenvalue weighted by molar-refractivity contribution is -0.210. The minimum atomic E-state index is -4.92. The number of rotatable bonds is 5. The third-order valence-electron chi connectivity index (χ3n) is 10.7. The van der Waals surface area contributed by atoms with Gasteiger partial charge in [0.2, 0.25) is 0 Å². The molecule has 0 spiro atoms. The average molecular weight is 473 g/mol. The van der Waals surface area contributed by atoms with E-state index in [0.717, 1.165) is 38.5 Å². The minimum Gasteiger partial charge on any atom is -0.481 e. The molecule has 0 aromatic carbocycles. The SMILES string of the molecule is C[C@H](CCC(=O)O)[C@H]1CC[C@H]2[C@@H]3CC[C@@H]4C[C@H](OC(=O)C(F)(F)F)CC[C@]4(C)[C@H]3CC[C@]12C. The highest BCUT2D eigenvalue weighted by Gasteiger charge is 2.61. The smallest absolute Gasteiger partial charge is 0.481 e. The van der Waals surface area contributed by atoms with Gasteiger partial charge in [-0.1, -0.05) is 20.8 Å². The first-order chi connectivity index (χ1) is 15.4. The molecular weight excluding hydrogens is 433 g/mol. The molecule has 4 aliphatic rings. The molecule has 1 N–H and O–H groups in total. The summed E-state index contributed by atoms with van der Waals surface area (Å²) in [6.45, 7) is 7.03. The summed E-state index contributed by atoms with van der Waals surface area (Å²) in [5.41, 5.74) is 0.375. The van der Waals surface area contributed by atoms with Gasteiger partial charge in [-0.3, -0.25) is 4.79 Å². The van der Waals surface area contributed by atoms with E-state index in [1.807, 2.05) is 0 Å². The molecular formula is C26H39F3O4. The van der Waals surface area contributed by atoms with Crippen molar-refractivity contribution in [2.24, 2.45) is 46.3 Å². The van der Waals surface area contributed by atoms with Gasteiger partial charge in [-0.2, -0.15) is 13.2 Å². The molecule has 4 saturated carbocycles. The highest BCUT2D eigenvalue weighted by molar-refractivity contribution is 5.75. The van der Waals surface area contributed by atoms with Crippen LogP contribution in [0.2, 0.25) is 0 Å². The lowest BCUT2D eigenvalue weighted by atomic mass is 9.44. The quantitative estimate of drug-likeness (QED) is 0.457. The predicted molar refractivity (Wildman–Crippen MR) is 117 cm³/mol. The van der Waals surface area contributed by atoms with Crippen LogP contribution < -0.4 is 0 Å². The summed E-state index contributed by atoms with van der Waals surface area (Å²) in [6.07, 6.45) is 4.18.